The lowest BCUT2D eigenvalue weighted by Crippen LogP contribution is -2.21. The summed E-state index contributed by atoms with van der Waals surface area (Å²) >= 11 is 3.08. The molecular formula is C16H19N3OS2. The third-order valence-corrected chi connectivity index (χ3v) is 6.23. The molecule has 1 aromatic heterocycles. The molecule has 1 N–H and O–H groups in total. The fourth-order valence-electron chi connectivity index (χ4n) is 2.51. The topological polar surface area (TPSA) is 54.9 Å². The van der Waals surface area contributed by atoms with Crippen molar-refractivity contribution in [3.8, 4) is 0 Å². The molecule has 0 amide bonds. The SMILES string of the molecule is Cc1cccc(Nc2nnc(S[C@H]3CCCCC3=O)s2)c1C. The number of aryl methyl sites for hydroxylation is 1. The summed E-state index contributed by atoms with van der Waals surface area (Å²) in [5, 5.41) is 12.6. The zero-order valence-corrected chi connectivity index (χ0v) is 14.4. The van der Waals surface area contributed by atoms with Crippen molar-refractivity contribution in [3.05, 3.63) is 29.3 Å². The minimum Gasteiger partial charge on any atom is -0.330 e. The standard InChI is InChI=1S/C16H19N3OS2/c1-10-6-5-7-12(11(10)2)17-15-18-19-16(22-15)21-14-9-4-3-8-13(14)20/h5-7,14H,3-4,8-9H2,1-2H3,(H,17,18)/t14-/m0/s1. The van der Waals surface area contributed by atoms with Crippen LogP contribution in [0.5, 0.6) is 0 Å². The lowest BCUT2D eigenvalue weighted by Gasteiger charge is -2.18. The normalized spacial score (nSPS) is 18.5. The van der Waals surface area contributed by atoms with Crippen molar-refractivity contribution in [1.82, 2.24) is 10.2 Å². The molecule has 116 valence electrons. The monoisotopic (exact) mass is 333 g/mol. The maximum atomic E-state index is 11.9. The number of aromatic nitrogens is 2. The number of hydrogen-bond donors (Lipinski definition) is 1. The van der Waals surface area contributed by atoms with E-state index in [-0.39, 0.29) is 5.25 Å². The molecule has 1 aliphatic rings. The maximum absolute atomic E-state index is 11.9. The Morgan fingerprint density at radius 2 is 2.14 bits per heavy atom. The molecule has 0 saturated heterocycles. The summed E-state index contributed by atoms with van der Waals surface area (Å²) in [5.41, 5.74) is 3.52. The molecule has 0 aliphatic heterocycles. The largest absolute Gasteiger partial charge is 0.330 e. The maximum Gasteiger partial charge on any atom is 0.210 e. The summed E-state index contributed by atoms with van der Waals surface area (Å²) < 4.78 is 0.869. The fourth-order valence-corrected chi connectivity index (χ4v) is 4.64. The molecular weight excluding hydrogens is 314 g/mol. The van der Waals surface area contributed by atoms with Crippen molar-refractivity contribution in [2.75, 3.05) is 5.32 Å². The Hall–Kier alpha value is -1.40. The lowest BCUT2D eigenvalue weighted by atomic mass is 9.99. The van der Waals surface area contributed by atoms with E-state index in [9.17, 15) is 4.79 Å². The van der Waals surface area contributed by atoms with Crippen molar-refractivity contribution in [2.45, 2.75) is 49.1 Å². The van der Waals surface area contributed by atoms with Gasteiger partial charge in [-0.3, -0.25) is 4.79 Å². The molecule has 1 fully saturated rings. The van der Waals surface area contributed by atoms with Crippen LogP contribution < -0.4 is 5.32 Å². The molecule has 2 aromatic rings. The second-order valence-corrected chi connectivity index (χ2v) is 7.99. The van der Waals surface area contributed by atoms with Crippen molar-refractivity contribution in [1.29, 1.82) is 0 Å². The van der Waals surface area contributed by atoms with Crippen molar-refractivity contribution < 1.29 is 4.79 Å². The molecule has 1 atom stereocenters. The van der Waals surface area contributed by atoms with E-state index in [2.05, 4.69) is 35.4 Å². The van der Waals surface area contributed by atoms with Crippen LogP contribution in [0.3, 0.4) is 0 Å². The van der Waals surface area contributed by atoms with Gasteiger partial charge in [0, 0.05) is 12.1 Å². The Balaban J connectivity index is 1.68. The van der Waals surface area contributed by atoms with Crippen molar-refractivity contribution in [3.63, 3.8) is 0 Å². The molecule has 1 aliphatic carbocycles. The third kappa shape index (κ3) is 3.50. The number of nitrogens with one attached hydrogen (secondary N) is 1. The van der Waals surface area contributed by atoms with Gasteiger partial charge >= 0.3 is 0 Å². The van der Waals surface area contributed by atoms with Crippen LogP contribution in [0.1, 0.15) is 36.8 Å². The first-order chi connectivity index (χ1) is 10.6. The predicted octanol–water partition coefficient (Wildman–Crippen LogP) is 4.50. The third-order valence-electron chi connectivity index (χ3n) is 3.99. The molecule has 0 unspecified atom stereocenters. The van der Waals surface area contributed by atoms with E-state index in [1.165, 1.54) is 22.5 Å². The lowest BCUT2D eigenvalue weighted by molar-refractivity contribution is -0.119. The summed E-state index contributed by atoms with van der Waals surface area (Å²) in [6.45, 7) is 4.19. The predicted molar refractivity (Wildman–Crippen MR) is 92.2 cm³/mol. The highest BCUT2D eigenvalue weighted by atomic mass is 32.2. The zero-order valence-electron chi connectivity index (χ0n) is 12.8. The van der Waals surface area contributed by atoms with Gasteiger partial charge < -0.3 is 5.32 Å². The number of Topliss-reactive ketones (excluding diaryl/α,β-unsaturated/α-hetero) is 1. The Morgan fingerprint density at radius 3 is 2.95 bits per heavy atom. The molecule has 3 rings (SSSR count). The van der Waals surface area contributed by atoms with Crippen molar-refractivity contribution in [2.24, 2.45) is 0 Å². The first-order valence-corrected chi connectivity index (χ1v) is 9.19. The quantitative estimate of drug-likeness (QED) is 0.892. The minimum atomic E-state index is 0.0651. The van der Waals surface area contributed by atoms with E-state index in [1.807, 2.05) is 12.1 Å². The van der Waals surface area contributed by atoms with E-state index in [0.717, 1.165) is 34.4 Å². The van der Waals surface area contributed by atoms with Crippen LogP contribution in [-0.4, -0.2) is 21.2 Å². The van der Waals surface area contributed by atoms with Gasteiger partial charge in [0.05, 0.1) is 5.25 Å². The van der Waals surface area contributed by atoms with E-state index in [1.54, 1.807) is 11.8 Å². The summed E-state index contributed by atoms with van der Waals surface area (Å²) in [6, 6.07) is 6.17. The smallest absolute Gasteiger partial charge is 0.210 e. The number of thioether (sulfide) groups is 1. The van der Waals surface area contributed by atoms with Crippen molar-refractivity contribution >= 4 is 39.7 Å². The van der Waals surface area contributed by atoms with Gasteiger partial charge in [0.2, 0.25) is 5.13 Å². The Kier molecular flexibility index (Phi) is 4.78. The minimum absolute atomic E-state index is 0.0651. The van der Waals surface area contributed by atoms with Crippen LogP contribution in [0.15, 0.2) is 22.5 Å². The molecule has 22 heavy (non-hydrogen) atoms. The molecule has 0 spiro atoms. The molecule has 6 heteroatoms. The summed E-state index contributed by atoms with van der Waals surface area (Å²) in [5.74, 6) is 0.357. The van der Waals surface area contributed by atoms with Crippen LogP contribution in [0.2, 0.25) is 0 Å². The molecule has 1 aromatic carbocycles. The molecule has 1 saturated carbocycles. The van der Waals surface area contributed by atoms with Gasteiger partial charge in [-0.25, -0.2) is 0 Å². The van der Waals surface area contributed by atoms with Gasteiger partial charge in [-0.15, -0.1) is 10.2 Å². The average molecular weight is 333 g/mol. The van der Waals surface area contributed by atoms with Gasteiger partial charge in [-0.2, -0.15) is 0 Å². The van der Waals surface area contributed by atoms with Crippen LogP contribution in [0, 0.1) is 13.8 Å². The summed E-state index contributed by atoms with van der Waals surface area (Å²) in [6.07, 6.45) is 3.84. The van der Waals surface area contributed by atoms with E-state index in [0.29, 0.717) is 12.2 Å². The van der Waals surface area contributed by atoms with Crippen LogP contribution in [0.4, 0.5) is 10.8 Å². The zero-order chi connectivity index (χ0) is 15.5. The molecule has 0 radical (unpaired) electrons. The highest BCUT2D eigenvalue weighted by molar-refractivity contribution is 8.02. The number of ketones is 1. The number of benzene rings is 1. The van der Waals surface area contributed by atoms with Crippen LogP contribution in [0.25, 0.3) is 0 Å². The Labute approximate surface area is 138 Å². The summed E-state index contributed by atoms with van der Waals surface area (Å²) in [7, 11) is 0. The number of rotatable bonds is 4. The van der Waals surface area contributed by atoms with Gasteiger partial charge in [0.1, 0.15) is 5.78 Å². The fraction of sp³-hybridized carbons (Fsp3) is 0.438. The average Bonchev–Trinajstić information content (AvgIpc) is 2.94. The highest BCUT2D eigenvalue weighted by Gasteiger charge is 2.24. The highest BCUT2D eigenvalue weighted by Crippen LogP contribution is 2.35. The van der Waals surface area contributed by atoms with E-state index in [4.69, 9.17) is 0 Å². The number of carbonyl (C=O) groups excluding carboxylic acids is 1. The number of anilines is 2. The number of hydrogen-bond acceptors (Lipinski definition) is 6. The van der Waals surface area contributed by atoms with Gasteiger partial charge in [-0.1, -0.05) is 41.7 Å². The molecule has 4 nitrogen and oxygen atoms in total. The first-order valence-electron chi connectivity index (χ1n) is 7.49. The van der Waals surface area contributed by atoms with Gasteiger partial charge in [0.25, 0.3) is 0 Å². The van der Waals surface area contributed by atoms with Crippen LogP contribution >= 0.6 is 23.1 Å². The second-order valence-electron chi connectivity index (χ2n) is 5.56. The van der Waals surface area contributed by atoms with Crippen LogP contribution in [-0.2, 0) is 4.79 Å². The Bertz CT molecular complexity index is 684. The first kappa shape index (κ1) is 15.5. The second kappa shape index (κ2) is 6.79. The van der Waals surface area contributed by atoms with Gasteiger partial charge in [0.15, 0.2) is 4.34 Å². The summed E-state index contributed by atoms with van der Waals surface area (Å²) in [4.78, 5) is 11.9. The van der Waals surface area contributed by atoms with E-state index >= 15 is 0 Å². The number of carbonyl (C=O) groups is 1. The number of nitrogens with zero attached hydrogens (tertiary/aromatic N) is 2. The Morgan fingerprint density at radius 1 is 1.27 bits per heavy atom. The van der Waals surface area contributed by atoms with Gasteiger partial charge in [-0.05, 0) is 43.9 Å². The molecule has 1 heterocycles. The molecule has 0 bridgehead atoms. The van der Waals surface area contributed by atoms with E-state index < -0.39 is 0 Å².